The van der Waals surface area contributed by atoms with Crippen LogP contribution in [0.4, 0.5) is 21.6 Å². The Morgan fingerprint density at radius 2 is 1.60 bits per heavy atom. The number of nitrogens with one attached hydrogen (secondary N) is 1. The molecule has 3 heterocycles. The Morgan fingerprint density at radius 1 is 0.886 bits per heavy atom. The number of halogens is 1. The van der Waals surface area contributed by atoms with E-state index in [4.69, 9.17) is 4.42 Å². The maximum atomic E-state index is 13.1. The van der Waals surface area contributed by atoms with Crippen LogP contribution in [0, 0.1) is 5.82 Å². The molecule has 0 bridgehead atoms. The van der Waals surface area contributed by atoms with E-state index in [1.807, 2.05) is 18.2 Å². The van der Waals surface area contributed by atoms with Crippen LogP contribution in [-0.2, 0) is 6.54 Å². The molecular formula is C26H24FN5O3. The van der Waals surface area contributed by atoms with Gasteiger partial charge in [-0.15, -0.1) is 0 Å². The number of anilines is 3. The summed E-state index contributed by atoms with van der Waals surface area (Å²) in [6.45, 7) is 3.38. The summed E-state index contributed by atoms with van der Waals surface area (Å²) in [6, 6.07) is 22.1. The summed E-state index contributed by atoms with van der Waals surface area (Å²) in [7, 11) is 0. The molecule has 0 atom stereocenters. The fraction of sp³-hybridized carbons (Fsp3) is 0.192. The second-order valence-corrected chi connectivity index (χ2v) is 8.22. The molecule has 1 aliphatic heterocycles. The number of benzene rings is 2. The van der Waals surface area contributed by atoms with Gasteiger partial charge in [0.25, 0.3) is 11.5 Å². The van der Waals surface area contributed by atoms with Gasteiger partial charge in [0.15, 0.2) is 5.76 Å². The Labute approximate surface area is 201 Å². The summed E-state index contributed by atoms with van der Waals surface area (Å²) in [6.07, 6.45) is 0. The number of amides is 1. The zero-order chi connectivity index (χ0) is 24.2. The van der Waals surface area contributed by atoms with Crippen molar-refractivity contribution in [3.63, 3.8) is 0 Å². The summed E-state index contributed by atoms with van der Waals surface area (Å²) >= 11 is 0. The molecule has 2 aromatic carbocycles. The van der Waals surface area contributed by atoms with Crippen molar-refractivity contribution in [3.05, 3.63) is 107 Å². The number of carbonyl (C=O) groups is 1. The van der Waals surface area contributed by atoms with Crippen LogP contribution in [0.1, 0.15) is 16.3 Å². The van der Waals surface area contributed by atoms with Gasteiger partial charge in [-0.05, 0) is 54.6 Å². The van der Waals surface area contributed by atoms with Crippen molar-refractivity contribution < 1.29 is 13.6 Å². The highest BCUT2D eigenvalue weighted by molar-refractivity contribution is 6.02. The molecule has 1 aliphatic rings. The number of furan rings is 1. The van der Waals surface area contributed by atoms with E-state index in [1.54, 1.807) is 12.1 Å². The van der Waals surface area contributed by atoms with Crippen molar-refractivity contribution in [2.45, 2.75) is 6.54 Å². The smallest absolute Gasteiger partial charge is 0.291 e. The molecule has 1 amide bonds. The summed E-state index contributed by atoms with van der Waals surface area (Å²) in [4.78, 5) is 29.3. The minimum absolute atomic E-state index is 0.0885. The van der Waals surface area contributed by atoms with E-state index in [2.05, 4.69) is 32.3 Å². The van der Waals surface area contributed by atoms with Crippen LogP contribution in [0.5, 0.6) is 0 Å². The fourth-order valence-corrected chi connectivity index (χ4v) is 4.01. The molecule has 0 spiro atoms. The van der Waals surface area contributed by atoms with Gasteiger partial charge in [-0.1, -0.05) is 18.2 Å². The van der Waals surface area contributed by atoms with Crippen LogP contribution in [0.3, 0.4) is 0 Å². The molecule has 9 heteroatoms. The first-order valence-electron chi connectivity index (χ1n) is 11.3. The number of piperazine rings is 1. The Bertz CT molecular complexity index is 1360. The van der Waals surface area contributed by atoms with Crippen LogP contribution in [0.25, 0.3) is 0 Å². The average Bonchev–Trinajstić information content (AvgIpc) is 3.36. The molecule has 0 saturated carbocycles. The van der Waals surface area contributed by atoms with Crippen molar-refractivity contribution in [2.24, 2.45) is 0 Å². The first kappa shape index (κ1) is 22.4. The summed E-state index contributed by atoms with van der Waals surface area (Å²) in [5.74, 6) is 0.383. The summed E-state index contributed by atoms with van der Waals surface area (Å²) < 4.78 is 20.0. The molecule has 0 unspecified atom stereocenters. The van der Waals surface area contributed by atoms with Gasteiger partial charge in [-0.25, -0.2) is 9.07 Å². The van der Waals surface area contributed by atoms with Crippen molar-refractivity contribution >= 4 is 23.1 Å². The third kappa shape index (κ3) is 5.24. The number of para-hydroxylation sites is 1. The first-order valence-corrected chi connectivity index (χ1v) is 11.3. The highest BCUT2D eigenvalue weighted by Crippen LogP contribution is 2.19. The molecule has 8 nitrogen and oxygen atoms in total. The van der Waals surface area contributed by atoms with Gasteiger partial charge in [0.2, 0.25) is 0 Å². The van der Waals surface area contributed by atoms with Gasteiger partial charge in [0, 0.05) is 43.6 Å². The minimum Gasteiger partial charge on any atom is -0.454 e. The van der Waals surface area contributed by atoms with E-state index in [-0.39, 0.29) is 23.7 Å². The minimum atomic E-state index is -0.465. The SMILES string of the molecule is O=C(Nc1ccc(F)cc1)c1ccc(Cn2nc(N3CCN(c4ccccc4)CC3)ccc2=O)o1. The maximum Gasteiger partial charge on any atom is 0.291 e. The lowest BCUT2D eigenvalue weighted by atomic mass is 10.2. The summed E-state index contributed by atoms with van der Waals surface area (Å²) in [5.41, 5.74) is 1.39. The van der Waals surface area contributed by atoms with Gasteiger partial charge in [0.1, 0.15) is 23.9 Å². The predicted molar refractivity (Wildman–Crippen MR) is 132 cm³/mol. The van der Waals surface area contributed by atoms with Crippen LogP contribution >= 0.6 is 0 Å². The predicted octanol–water partition coefficient (Wildman–Crippen LogP) is 3.60. The number of hydrogen-bond acceptors (Lipinski definition) is 6. The molecular weight excluding hydrogens is 449 g/mol. The molecule has 1 N–H and O–H groups in total. The normalized spacial score (nSPS) is 13.6. The lowest BCUT2D eigenvalue weighted by molar-refractivity contribution is 0.0994. The molecule has 2 aromatic heterocycles. The lowest BCUT2D eigenvalue weighted by Crippen LogP contribution is -2.47. The van der Waals surface area contributed by atoms with E-state index in [9.17, 15) is 14.0 Å². The molecule has 0 radical (unpaired) electrons. The highest BCUT2D eigenvalue weighted by atomic mass is 19.1. The maximum absolute atomic E-state index is 13.1. The Morgan fingerprint density at radius 3 is 2.34 bits per heavy atom. The molecule has 178 valence electrons. The zero-order valence-corrected chi connectivity index (χ0v) is 18.9. The first-order chi connectivity index (χ1) is 17.0. The fourth-order valence-electron chi connectivity index (χ4n) is 4.01. The Hall–Kier alpha value is -4.40. The number of rotatable bonds is 6. The number of carbonyl (C=O) groups excluding carboxylic acids is 1. The molecule has 4 aromatic rings. The van der Waals surface area contributed by atoms with Crippen LogP contribution in [0.2, 0.25) is 0 Å². The number of aromatic nitrogens is 2. The molecule has 1 fully saturated rings. The van der Waals surface area contributed by atoms with E-state index >= 15 is 0 Å². The molecule has 0 aliphatic carbocycles. The summed E-state index contributed by atoms with van der Waals surface area (Å²) in [5, 5.41) is 7.18. The second kappa shape index (κ2) is 9.84. The molecule has 5 rings (SSSR count). The standard InChI is InChI=1S/C26H24FN5O3/c27-19-6-8-20(9-7-19)28-26(34)23-11-10-22(35-23)18-32-25(33)13-12-24(29-32)31-16-14-30(15-17-31)21-4-2-1-3-5-21/h1-13H,14-18H2,(H,28,34). The zero-order valence-electron chi connectivity index (χ0n) is 18.9. The number of nitrogens with zero attached hydrogens (tertiary/aromatic N) is 4. The van der Waals surface area contributed by atoms with Gasteiger partial charge < -0.3 is 19.5 Å². The van der Waals surface area contributed by atoms with Crippen molar-refractivity contribution in [1.82, 2.24) is 9.78 Å². The number of hydrogen-bond donors (Lipinski definition) is 1. The topological polar surface area (TPSA) is 83.6 Å². The van der Waals surface area contributed by atoms with E-state index in [0.717, 1.165) is 32.0 Å². The quantitative estimate of drug-likeness (QED) is 0.461. The van der Waals surface area contributed by atoms with E-state index in [1.165, 1.54) is 46.8 Å². The van der Waals surface area contributed by atoms with Crippen molar-refractivity contribution in [2.75, 3.05) is 41.3 Å². The van der Waals surface area contributed by atoms with E-state index in [0.29, 0.717) is 11.4 Å². The average molecular weight is 474 g/mol. The Kier molecular flexibility index (Phi) is 6.30. The van der Waals surface area contributed by atoms with Gasteiger partial charge in [-0.2, -0.15) is 5.10 Å². The lowest BCUT2D eigenvalue weighted by Gasteiger charge is -2.36. The van der Waals surface area contributed by atoms with Crippen LogP contribution in [0.15, 0.2) is 88.1 Å². The van der Waals surface area contributed by atoms with Crippen LogP contribution in [-0.4, -0.2) is 41.9 Å². The third-order valence-electron chi connectivity index (χ3n) is 5.87. The van der Waals surface area contributed by atoms with Gasteiger partial charge >= 0.3 is 0 Å². The van der Waals surface area contributed by atoms with Crippen molar-refractivity contribution in [1.29, 1.82) is 0 Å². The third-order valence-corrected chi connectivity index (χ3v) is 5.87. The largest absolute Gasteiger partial charge is 0.454 e. The molecule has 35 heavy (non-hydrogen) atoms. The monoisotopic (exact) mass is 473 g/mol. The van der Waals surface area contributed by atoms with Gasteiger partial charge in [-0.3, -0.25) is 9.59 Å². The van der Waals surface area contributed by atoms with Gasteiger partial charge in [0.05, 0.1) is 0 Å². The second-order valence-electron chi connectivity index (χ2n) is 8.22. The Balaban J connectivity index is 1.24. The van der Waals surface area contributed by atoms with E-state index < -0.39 is 5.91 Å². The van der Waals surface area contributed by atoms with Crippen molar-refractivity contribution in [3.8, 4) is 0 Å². The highest BCUT2D eigenvalue weighted by Gasteiger charge is 2.19. The molecule has 1 saturated heterocycles. The van der Waals surface area contributed by atoms with Crippen LogP contribution < -0.4 is 20.7 Å².